The van der Waals surface area contributed by atoms with Crippen molar-refractivity contribution in [1.82, 2.24) is 25.1 Å². The van der Waals surface area contributed by atoms with Crippen molar-refractivity contribution in [2.75, 3.05) is 32.7 Å². The maximum absolute atomic E-state index is 12.6. The molecule has 1 aromatic heterocycles. The number of benzene rings is 1. The summed E-state index contributed by atoms with van der Waals surface area (Å²) in [5.74, 6) is 0.808. The smallest absolute Gasteiger partial charge is 0.255 e. The average Bonchev–Trinajstić information content (AvgIpc) is 2.64. The monoisotopic (exact) mass is 339 g/mol. The maximum atomic E-state index is 12.6. The summed E-state index contributed by atoms with van der Waals surface area (Å²) < 4.78 is 0. The first-order valence-corrected chi connectivity index (χ1v) is 9.08. The summed E-state index contributed by atoms with van der Waals surface area (Å²) >= 11 is 0. The molecule has 1 saturated heterocycles. The van der Waals surface area contributed by atoms with Crippen molar-refractivity contribution in [1.29, 1.82) is 0 Å². The fraction of sp³-hybridized carbons (Fsp3) is 0.474. The lowest BCUT2D eigenvalue weighted by Crippen LogP contribution is -2.43. The largest absolute Gasteiger partial charge is 0.314 e. The highest BCUT2D eigenvalue weighted by Gasteiger charge is 2.22. The Morgan fingerprint density at radius 1 is 1.00 bits per heavy atom. The number of fused-ring (bicyclic) bond motifs is 1. The van der Waals surface area contributed by atoms with Gasteiger partial charge in [-0.3, -0.25) is 14.6 Å². The van der Waals surface area contributed by atoms with Crippen molar-refractivity contribution in [2.45, 2.75) is 26.1 Å². The van der Waals surface area contributed by atoms with Crippen LogP contribution in [0.15, 0.2) is 35.1 Å². The fourth-order valence-corrected chi connectivity index (χ4v) is 3.66. The van der Waals surface area contributed by atoms with E-state index in [1.165, 1.54) is 5.56 Å². The molecule has 0 amide bonds. The Hall–Kier alpha value is -2.02. The molecule has 2 aliphatic heterocycles. The van der Waals surface area contributed by atoms with Crippen LogP contribution in [0.1, 0.15) is 22.6 Å². The van der Waals surface area contributed by atoms with Gasteiger partial charge in [-0.15, -0.1) is 0 Å². The molecule has 1 fully saturated rings. The molecule has 6 heteroatoms. The number of aromatic amines is 1. The minimum atomic E-state index is 0.0351. The average molecular weight is 339 g/mol. The molecule has 0 spiro atoms. The number of H-pyrrole nitrogens is 1. The summed E-state index contributed by atoms with van der Waals surface area (Å²) in [7, 11) is 0. The second kappa shape index (κ2) is 7.47. The topological polar surface area (TPSA) is 64.3 Å². The number of nitrogens with one attached hydrogen (secondary N) is 2. The van der Waals surface area contributed by atoms with Crippen molar-refractivity contribution < 1.29 is 0 Å². The predicted octanol–water partition coefficient (Wildman–Crippen LogP) is 0.733. The lowest BCUT2D eigenvalue weighted by Gasteiger charge is -2.29. The second-order valence-electron chi connectivity index (χ2n) is 6.91. The van der Waals surface area contributed by atoms with E-state index < -0.39 is 0 Å². The summed E-state index contributed by atoms with van der Waals surface area (Å²) in [6.45, 7) is 7.26. The zero-order valence-corrected chi connectivity index (χ0v) is 14.5. The van der Waals surface area contributed by atoms with E-state index in [0.29, 0.717) is 6.54 Å². The van der Waals surface area contributed by atoms with Crippen LogP contribution in [0, 0.1) is 0 Å². The molecule has 0 radical (unpaired) electrons. The molecule has 0 atom stereocenters. The SMILES string of the molecule is O=c1[nH]c(CN2CCNCC2)nc2c1CN(Cc1ccccc1)CC2. The second-order valence-corrected chi connectivity index (χ2v) is 6.91. The lowest BCUT2D eigenvalue weighted by atomic mass is 10.1. The molecule has 0 bridgehead atoms. The minimum absolute atomic E-state index is 0.0351. The predicted molar refractivity (Wildman–Crippen MR) is 97.3 cm³/mol. The zero-order chi connectivity index (χ0) is 17.1. The van der Waals surface area contributed by atoms with E-state index in [9.17, 15) is 4.79 Å². The van der Waals surface area contributed by atoms with Gasteiger partial charge in [-0.25, -0.2) is 4.98 Å². The molecule has 2 aromatic rings. The number of hydrogen-bond acceptors (Lipinski definition) is 5. The molecular formula is C19H25N5O. The van der Waals surface area contributed by atoms with E-state index in [2.05, 4.69) is 44.4 Å². The van der Waals surface area contributed by atoms with Crippen molar-refractivity contribution >= 4 is 0 Å². The van der Waals surface area contributed by atoms with Gasteiger partial charge in [0.25, 0.3) is 5.56 Å². The van der Waals surface area contributed by atoms with E-state index in [-0.39, 0.29) is 5.56 Å². The molecular weight excluding hydrogens is 314 g/mol. The van der Waals surface area contributed by atoms with Crippen molar-refractivity contribution in [2.24, 2.45) is 0 Å². The molecule has 0 aliphatic carbocycles. The number of aromatic nitrogens is 2. The minimum Gasteiger partial charge on any atom is -0.314 e. The fourth-order valence-electron chi connectivity index (χ4n) is 3.66. The third kappa shape index (κ3) is 3.98. The van der Waals surface area contributed by atoms with Gasteiger partial charge in [-0.05, 0) is 5.56 Å². The van der Waals surface area contributed by atoms with E-state index >= 15 is 0 Å². The molecule has 4 rings (SSSR count). The summed E-state index contributed by atoms with van der Waals surface area (Å²) in [6, 6.07) is 10.4. The highest BCUT2D eigenvalue weighted by molar-refractivity contribution is 5.22. The zero-order valence-electron chi connectivity index (χ0n) is 14.5. The summed E-state index contributed by atoms with van der Waals surface area (Å²) in [5.41, 5.74) is 3.14. The van der Waals surface area contributed by atoms with Crippen LogP contribution in [0.4, 0.5) is 0 Å². The molecule has 1 aromatic carbocycles. The molecule has 0 saturated carbocycles. The van der Waals surface area contributed by atoms with Gasteiger partial charge in [0.15, 0.2) is 0 Å². The molecule has 25 heavy (non-hydrogen) atoms. The number of hydrogen-bond donors (Lipinski definition) is 2. The molecule has 132 valence electrons. The van der Waals surface area contributed by atoms with E-state index in [4.69, 9.17) is 4.98 Å². The van der Waals surface area contributed by atoms with Gasteiger partial charge < -0.3 is 10.3 Å². The maximum Gasteiger partial charge on any atom is 0.255 e. The summed E-state index contributed by atoms with van der Waals surface area (Å²) in [6.07, 6.45) is 0.848. The third-order valence-electron chi connectivity index (χ3n) is 5.03. The van der Waals surface area contributed by atoms with Crippen LogP contribution in [0.3, 0.4) is 0 Å². The van der Waals surface area contributed by atoms with Gasteiger partial charge in [0.05, 0.1) is 17.8 Å². The third-order valence-corrected chi connectivity index (χ3v) is 5.03. The first-order chi connectivity index (χ1) is 12.3. The van der Waals surface area contributed by atoms with Crippen LogP contribution in [0.5, 0.6) is 0 Å². The number of rotatable bonds is 4. The number of piperazine rings is 1. The highest BCUT2D eigenvalue weighted by Crippen LogP contribution is 2.16. The van der Waals surface area contributed by atoms with Gasteiger partial charge in [0.1, 0.15) is 5.82 Å². The normalized spacial score (nSPS) is 18.9. The molecule has 2 N–H and O–H groups in total. The van der Waals surface area contributed by atoms with Crippen LogP contribution in [-0.2, 0) is 26.1 Å². The van der Waals surface area contributed by atoms with Gasteiger partial charge in [-0.2, -0.15) is 0 Å². The van der Waals surface area contributed by atoms with Gasteiger partial charge in [0, 0.05) is 52.2 Å². The Kier molecular flexibility index (Phi) is 4.92. The van der Waals surface area contributed by atoms with Gasteiger partial charge >= 0.3 is 0 Å². The highest BCUT2D eigenvalue weighted by atomic mass is 16.1. The molecule has 0 unspecified atom stereocenters. The Morgan fingerprint density at radius 2 is 1.80 bits per heavy atom. The van der Waals surface area contributed by atoms with Crippen molar-refractivity contribution in [3.05, 3.63) is 63.3 Å². The van der Waals surface area contributed by atoms with Gasteiger partial charge in [0.2, 0.25) is 0 Å². The van der Waals surface area contributed by atoms with E-state index in [0.717, 1.165) is 69.3 Å². The van der Waals surface area contributed by atoms with Crippen LogP contribution >= 0.6 is 0 Å². The Morgan fingerprint density at radius 3 is 2.60 bits per heavy atom. The standard InChI is InChI=1S/C19H25N5O/c25-19-16-13-24(12-15-4-2-1-3-5-15)9-6-17(16)21-18(22-19)14-23-10-7-20-8-11-23/h1-5,20H,6-14H2,(H,21,22,25). The first kappa shape index (κ1) is 16.4. The Bertz CT molecular complexity index is 767. The van der Waals surface area contributed by atoms with Crippen molar-refractivity contribution in [3.8, 4) is 0 Å². The van der Waals surface area contributed by atoms with E-state index in [1.54, 1.807) is 0 Å². The summed E-state index contributed by atoms with van der Waals surface area (Å²) in [4.78, 5) is 25.0. The van der Waals surface area contributed by atoms with E-state index in [1.807, 2.05) is 6.07 Å². The first-order valence-electron chi connectivity index (χ1n) is 9.08. The van der Waals surface area contributed by atoms with Crippen LogP contribution < -0.4 is 10.9 Å². The van der Waals surface area contributed by atoms with Crippen LogP contribution in [0.25, 0.3) is 0 Å². The van der Waals surface area contributed by atoms with Gasteiger partial charge in [-0.1, -0.05) is 30.3 Å². The number of nitrogens with zero attached hydrogens (tertiary/aromatic N) is 3. The van der Waals surface area contributed by atoms with Crippen LogP contribution in [-0.4, -0.2) is 52.5 Å². The van der Waals surface area contributed by atoms with Crippen molar-refractivity contribution in [3.63, 3.8) is 0 Å². The summed E-state index contributed by atoms with van der Waals surface area (Å²) in [5, 5.41) is 3.35. The Labute approximate surface area is 147 Å². The molecule has 2 aliphatic rings. The molecule has 6 nitrogen and oxygen atoms in total. The van der Waals surface area contributed by atoms with Crippen LogP contribution in [0.2, 0.25) is 0 Å². The molecule has 3 heterocycles. The quantitative estimate of drug-likeness (QED) is 0.860. The lowest BCUT2D eigenvalue weighted by molar-refractivity contribution is 0.224. The Balaban J connectivity index is 1.46.